The summed E-state index contributed by atoms with van der Waals surface area (Å²) in [6, 6.07) is 4.95. The van der Waals surface area contributed by atoms with E-state index in [-0.39, 0.29) is 18.9 Å². The van der Waals surface area contributed by atoms with E-state index >= 15 is 0 Å². The zero-order valence-corrected chi connectivity index (χ0v) is 13.3. The number of carbonyl (C=O) groups is 2. The lowest BCUT2D eigenvalue weighted by molar-refractivity contribution is -0.136. The monoisotopic (exact) mass is 309 g/mol. The lowest BCUT2D eigenvalue weighted by Gasteiger charge is -2.17. The molecular weight excluding hydrogens is 286 g/mol. The summed E-state index contributed by atoms with van der Waals surface area (Å²) in [5.74, 6) is -0.124. The molecule has 0 saturated carbocycles. The number of carboxylic acids is 1. The van der Waals surface area contributed by atoms with Gasteiger partial charge in [-0.15, -0.1) is 0 Å². The Hall–Kier alpha value is -2.24. The van der Waals surface area contributed by atoms with Gasteiger partial charge in [0.15, 0.2) is 18.1 Å². The van der Waals surface area contributed by atoms with Crippen LogP contribution in [0.4, 0.5) is 0 Å². The zero-order valence-electron chi connectivity index (χ0n) is 13.3. The van der Waals surface area contributed by atoms with Gasteiger partial charge in [-0.25, -0.2) is 0 Å². The van der Waals surface area contributed by atoms with Crippen molar-refractivity contribution in [3.63, 3.8) is 0 Å². The predicted molar refractivity (Wildman–Crippen MR) is 82.4 cm³/mol. The second-order valence-electron chi connectivity index (χ2n) is 4.90. The molecular formula is C16H23NO5. The van der Waals surface area contributed by atoms with E-state index in [1.165, 1.54) is 0 Å². The highest BCUT2D eigenvalue weighted by molar-refractivity contribution is 5.77. The van der Waals surface area contributed by atoms with Crippen LogP contribution in [0.3, 0.4) is 0 Å². The number of benzene rings is 1. The molecule has 0 spiro atoms. The lowest BCUT2D eigenvalue weighted by atomic mass is 10.1. The van der Waals surface area contributed by atoms with Gasteiger partial charge in [0.25, 0.3) is 5.91 Å². The first-order valence-corrected chi connectivity index (χ1v) is 7.32. The summed E-state index contributed by atoms with van der Waals surface area (Å²) >= 11 is 0. The maximum absolute atomic E-state index is 11.8. The minimum absolute atomic E-state index is 0.0783. The second kappa shape index (κ2) is 8.92. The number of carbonyl (C=O) groups excluding carboxylic acids is 1. The second-order valence-corrected chi connectivity index (χ2v) is 4.90. The minimum atomic E-state index is -0.908. The number of ether oxygens (including phenoxy) is 2. The summed E-state index contributed by atoms with van der Waals surface area (Å²) in [6.07, 6.45) is 0.736. The highest BCUT2D eigenvalue weighted by Crippen LogP contribution is 2.29. The molecule has 1 rings (SSSR count). The maximum Gasteiger partial charge on any atom is 0.307 e. The highest BCUT2D eigenvalue weighted by Gasteiger charge is 2.12. The van der Waals surface area contributed by atoms with E-state index in [0.29, 0.717) is 30.2 Å². The van der Waals surface area contributed by atoms with E-state index in [1.54, 1.807) is 30.1 Å². The van der Waals surface area contributed by atoms with Crippen molar-refractivity contribution in [2.45, 2.75) is 26.7 Å². The molecule has 6 heteroatoms. The Labute approximate surface area is 130 Å². The predicted octanol–water partition coefficient (Wildman–Crippen LogP) is 1.96. The standard InChI is InChI=1S/C16H23NO5/c1-4-8-21-14-9-12(10-16(19)20)6-7-13(14)22-11-15(18)17(3)5-2/h6-7,9H,4-5,8,10-11H2,1-3H3,(H,19,20). The lowest BCUT2D eigenvalue weighted by Crippen LogP contribution is -2.31. The molecule has 1 N–H and O–H groups in total. The first-order chi connectivity index (χ1) is 10.5. The van der Waals surface area contributed by atoms with Crippen LogP contribution < -0.4 is 9.47 Å². The summed E-state index contributed by atoms with van der Waals surface area (Å²) in [4.78, 5) is 24.1. The molecule has 1 amide bonds. The molecule has 1 aromatic carbocycles. The Kier molecular flexibility index (Phi) is 7.22. The normalized spacial score (nSPS) is 10.1. The number of hydrogen-bond acceptors (Lipinski definition) is 4. The van der Waals surface area contributed by atoms with E-state index in [9.17, 15) is 9.59 Å². The molecule has 6 nitrogen and oxygen atoms in total. The molecule has 0 aliphatic heterocycles. The van der Waals surface area contributed by atoms with Crippen molar-refractivity contribution in [1.82, 2.24) is 4.90 Å². The van der Waals surface area contributed by atoms with Crippen LogP contribution in [-0.4, -0.2) is 48.7 Å². The third-order valence-corrected chi connectivity index (χ3v) is 3.08. The van der Waals surface area contributed by atoms with Gasteiger partial charge in [-0.1, -0.05) is 13.0 Å². The number of carboxylic acid groups (broad SMARTS) is 1. The molecule has 0 atom stereocenters. The van der Waals surface area contributed by atoms with Gasteiger partial charge in [0.2, 0.25) is 0 Å². The van der Waals surface area contributed by atoms with Crippen LogP contribution in [0.25, 0.3) is 0 Å². The van der Waals surface area contributed by atoms with Crippen LogP contribution >= 0.6 is 0 Å². The summed E-state index contributed by atoms with van der Waals surface area (Å²) in [6.45, 7) is 4.88. The average Bonchev–Trinajstić information content (AvgIpc) is 2.50. The number of likely N-dealkylation sites (N-methyl/N-ethyl adjacent to an activating group) is 1. The van der Waals surface area contributed by atoms with Crippen LogP contribution in [-0.2, 0) is 16.0 Å². The fourth-order valence-corrected chi connectivity index (χ4v) is 1.71. The molecule has 0 aliphatic carbocycles. The molecule has 0 unspecified atom stereocenters. The Morgan fingerprint density at radius 2 is 1.91 bits per heavy atom. The van der Waals surface area contributed by atoms with Crippen molar-refractivity contribution in [2.75, 3.05) is 26.8 Å². The van der Waals surface area contributed by atoms with Gasteiger partial charge in [0.05, 0.1) is 13.0 Å². The summed E-state index contributed by atoms with van der Waals surface area (Å²) in [5, 5.41) is 8.85. The van der Waals surface area contributed by atoms with Gasteiger partial charge in [-0.3, -0.25) is 9.59 Å². The molecule has 22 heavy (non-hydrogen) atoms. The van der Waals surface area contributed by atoms with Crippen molar-refractivity contribution in [2.24, 2.45) is 0 Å². The third kappa shape index (κ3) is 5.63. The molecule has 0 heterocycles. The number of aliphatic carboxylic acids is 1. The van der Waals surface area contributed by atoms with Crippen molar-refractivity contribution in [1.29, 1.82) is 0 Å². The number of nitrogens with zero attached hydrogens (tertiary/aromatic N) is 1. The number of hydrogen-bond donors (Lipinski definition) is 1. The van der Waals surface area contributed by atoms with E-state index in [2.05, 4.69) is 0 Å². The smallest absolute Gasteiger partial charge is 0.307 e. The summed E-state index contributed by atoms with van der Waals surface area (Å²) in [7, 11) is 1.70. The quantitative estimate of drug-likeness (QED) is 0.754. The van der Waals surface area contributed by atoms with Gasteiger partial charge in [-0.2, -0.15) is 0 Å². The van der Waals surface area contributed by atoms with Crippen molar-refractivity contribution in [3.8, 4) is 11.5 Å². The fraction of sp³-hybridized carbons (Fsp3) is 0.500. The van der Waals surface area contributed by atoms with Crippen LogP contribution in [0, 0.1) is 0 Å². The zero-order chi connectivity index (χ0) is 16.5. The van der Waals surface area contributed by atoms with Gasteiger partial charge in [0, 0.05) is 13.6 Å². The molecule has 122 valence electrons. The molecule has 1 aromatic rings. The van der Waals surface area contributed by atoms with E-state index in [4.69, 9.17) is 14.6 Å². The SMILES string of the molecule is CCCOc1cc(CC(=O)O)ccc1OCC(=O)N(C)CC. The molecule has 0 fully saturated rings. The third-order valence-electron chi connectivity index (χ3n) is 3.08. The van der Waals surface area contributed by atoms with E-state index < -0.39 is 5.97 Å². The topological polar surface area (TPSA) is 76.1 Å². The first-order valence-electron chi connectivity index (χ1n) is 7.32. The Morgan fingerprint density at radius 3 is 2.50 bits per heavy atom. The Balaban J connectivity index is 2.82. The van der Waals surface area contributed by atoms with Gasteiger partial charge < -0.3 is 19.5 Å². The number of rotatable bonds is 9. The van der Waals surface area contributed by atoms with Crippen molar-refractivity contribution >= 4 is 11.9 Å². The molecule has 0 aromatic heterocycles. The Bertz CT molecular complexity index is 515. The van der Waals surface area contributed by atoms with Crippen LogP contribution in [0.1, 0.15) is 25.8 Å². The van der Waals surface area contributed by atoms with Crippen LogP contribution in [0.15, 0.2) is 18.2 Å². The van der Waals surface area contributed by atoms with Gasteiger partial charge in [0.1, 0.15) is 0 Å². The van der Waals surface area contributed by atoms with Crippen molar-refractivity contribution < 1.29 is 24.2 Å². The maximum atomic E-state index is 11.8. The molecule has 0 radical (unpaired) electrons. The van der Waals surface area contributed by atoms with Gasteiger partial charge in [-0.05, 0) is 31.0 Å². The van der Waals surface area contributed by atoms with Crippen LogP contribution in [0.5, 0.6) is 11.5 Å². The fourth-order valence-electron chi connectivity index (χ4n) is 1.71. The van der Waals surface area contributed by atoms with Crippen LogP contribution in [0.2, 0.25) is 0 Å². The van der Waals surface area contributed by atoms with Gasteiger partial charge >= 0.3 is 5.97 Å². The average molecular weight is 309 g/mol. The highest BCUT2D eigenvalue weighted by atomic mass is 16.5. The molecule has 0 aliphatic rings. The van der Waals surface area contributed by atoms with E-state index in [1.807, 2.05) is 13.8 Å². The molecule has 0 bridgehead atoms. The number of amides is 1. The van der Waals surface area contributed by atoms with Crippen molar-refractivity contribution in [3.05, 3.63) is 23.8 Å². The first kappa shape index (κ1) is 17.8. The summed E-state index contributed by atoms with van der Waals surface area (Å²) in [5.41, 5.74) is 0.628. The molecule has 0 saturated heterocycles. The summed E-state index contributed by atoms with van der Waals surface area (Å²) < 4.78 is 11.1. The minimum Gasteiger partial charge on any atom is -0.490 e. The van der Waals surface area contributed by atoms with E-state index in [0.717, 1.165) is 6.42 Å². The Morgan fingerprint density at radius 1 is 1.18 bits per heavy atom. The largest absolute Gasteiger partial charge is 0.490 e.